The van der Waals surface area contributed by atoms with Crippen molar-refractivity contribution in [2.24, 2.45) is 17.6 Å². The number of nitrogens with two attached hydrogens (primary N) is 1. The highest BCUT2D eigenvalue weighted by atomic mass is 79.9. The Labute approximate surface area is 119 Å². The zero-order valence-corrected chi connectivity index (χ0v) is 12.9. The first kappa shape index (κ1) is 13.9. The van der Waals surface area contributed by atoms with E-state index in [1.165, 1.54) is 12.1 Å². The molecule has 0 radical (unpaired) electrons. The highest BCUT2D eigenvalue weighted by Gasteiger charge is 2.25. The number of rotatable bonds is 4. The van der Waals surface area contributed by atoms with Gasteiger partial charge in [0.05, 0.1) is 0 Å². The lowest BCUT2D eigenvalue weighted by Crippen LogP contribution is -2.30. The molecule has 0 aromatic heterocycles. The Morgan fingerprint density at radius 1 is 1.44 bits per heavy atom. The first-order valence-electron chi connectivity index (χ1n) is 6.82. The summed E-state index contributed by atoms with van der Waals surface area (Å²) in [5.74, 6) is 1.34. The molecule has 1 heterocycles. The fourth-order valence-electron chi connectivity index (χ4n) is 2.59. The van der Waals surface area contributed by atoms with Gasteiger partial charge in [-0.1, -0.05) is 35.8 Å². The van der Waals surface area contributed by atoms with Gasteiger partial charge in [0.2, 0.25) is 0 Å². The molecule has 1 fully saturated rings. The van der Waals surface area contributed by atoms with Crippen LogP contribution in [0.2, 0.25) is 0 Å². The second-order valence-corrected chi connectivity index (χ2v) is 6.64. The molecular weight excluding hydrogens is 288 g/mol. The van der Waals surface area contributed by atoms with E-state index in [1.54, 1.807) is 0 Å². The summed E-state index contributed by atoms with van der Waals surface area (Å²) in [7, 11) is 0. The van der Waals surface area contributed by atoms with E-state index in [0.29, 0.717) is 12.0 Å². The highest BCUT2D eigenvalue weighted by Crippen LogP contribution is 2.28. The van der Waals surface area contributed by atoms with Crippen LogP contribution in [0, 0.1) is 11.8 Å². The van der Waals surface area contributed by atoms with Crippen LogP contribution in [-0.4, -0.2) is 19.1 Å². The number of hydrogen-bond donors (Lipinski definition) is 1. The Hall–Kier alpha value is -0.540. The zero-order chi connectivity index (χ0) is 13.1. The lowest BCUT2D eigenvalue weighted by Gasteiger charge is -2.22. The number of nitrogens with zero attached hydrogens (tertiary/aromatic N) is 1. The van der Waals surface area contributed by atoms with Crippen LogP contribution in [0.5, 0.6) is 0 Å². The molecule has 2 atom stereocenters. The van der Waals surface area contributed by atoms with E-state index < -0.39 is 0 Å². The van der Waals surface area contributed by atoms with Gasteiger partial charge in [-0.2, -0.15) is 0 Å². The molecule has 1 aromatic rings. The van der Waals surface area contributed by atoms with Crippen LogP contribution < -0.4 is 10.6 Å². The van der Waals surface area contributed by atoms with Crippen LogP contribution >= 0.6 is 15.9 Å². The van der Waals surface area contributed by atoms with E-state index in [4.69, 9.17) is 5.73 Å². The third kappa shape index (κ3) is 3.48. The van der Waals surface area contributed by atoms with Gasteiger partial charge >= 0.3 is 0 Å². The van der Waals surface area contributed by atoms with Crippen LogP contribution in [0.15, 0.2) is 28.7 Å². The summed E-state index contributed by atoms with van der Waals surface area (Å²) in [6.07, 6.45) is 2.43. The summed E-state index contributed by atoms with van der Waals surface area (Å²) >= 11 is 3.54. The molecule has 18 heavy (non-hydrogen) atoms. The molecule has 1 aliphatic heterocycles. The molecule has 1 aliphatic rings. The fraction of sp³-hybridized carbons (Fsp3) is 0.600. The van der Waals surface area contributed by atoms with Crippen LogP contribution in [0.1, 0.15) is 26.7 Å². The summed E-state index contributed by atoms with van der Waals surface area (Å²) in [6.45, 7) is 6.74. The molecule has 1 aromatic carbocycles. The Balaban J connectivity index is 1.92. The van der Waals surface area contributed by atoms with Gasteiger partial charge in [-0.3, -0.25) is 0 Å². The maximum Gasteiger partial charge on any atom is 0.0377 e. The minimum absolute atomic E-state index is 0.345. The molecule has 3 heteroatoms. The smallest absolute Gasteiger partial charge is 0.0377 e. The van der Waals surface area contributed by atoms with Crippen molar-refractivity contribution in [2.45, 2.75) is 32.7 Å². The number of anilines is 1. The Bertz CT molecular complexity index is 392. The van der Waals surface area contributed by atoms with Gasteiger partial charge in [-0.15, -0.1) is 0 Å². The van der Waals surface area contributed by atoms with Crippen LogP contribution in [0.3, 0.4) is 0 Å². The Morgan fingerprint density at radius 3 is 2.89 bits per heavy atom. The maximum atomic E-state index is 6.18. The third-order valence-electron chi connectivity index (χ3n) is 3.92. The summed E-state index contributed by atoms with van der Waals surface area (Å²) in [6, 6.07) is 8.91. The van der Waals surface area contributed by atoms with Crippen molar-refractivity contribution >= 4 is 21.6 Å². The second kappa shape index (κ2) is 6.07. The van der Waals surface area contributed by atoms with Crippen molar-refractivity contribution in [3.05, 3.63) is 28.7 Å². The summed E-state index contributed by atoms with van der Waals surface area (Å²) in [4.78, 5) is 2.47. The zero-order valence-electron chi connectivity index (χ0n) is 11.3. The van der Waals surface area contributed by atoms with Crippen molar-refractivity contribution in [1.82, 2.24) is 0 Å². The van der Waals surface area contributed by atoms with Gasteiger partial charge < -0.3 is 10.6 Å². The molecule has 2 nitrogen and oxygen atoms in total. The minimum Gasteiger partial charge on any atom is -0.371 e. The topological polar surface area (TPSA) is 29.3 Å². The van der Waals surface area contributed by atoms with Crippen LogP contribution in [-0.2, 0) is 0 Å². The third-order valence-corrected chi connectivity index (χ3v) is 4.41. The van der Waals surface area contributed by atoms with Gasteiger partial charge in [0.25, 0.3) is 0 Å². The minimum atomic E-state index is 0.345. The molecule has 0 saturated carbocycles. The Kier molecular flexibility index (Phi) is 4.68. The molecule has 2 N–H and O–H groups in total. The lowest BCUT2D eigenvalue weighted by atomic mass is 9.93. The monoisotopic (exact) mass is 310 g/mol. The molecule has 1 saturated heterocycles. The molecule has 0 amide bonds. The van der Waals surface area contributed by atoms with E-state index in [-0.39, 0.29) is 0 Å². The van der Waals surface area contributed by atoms with Crippen molar-refractivity contribution < 1.29 is 0 Å². The summed E-state index contributed by atoms with van der Waals surface area (Å²) < 4.78 is 1.15. The standard InChI is InChI=1S/C15H23BrN2/c1-11(2)15(17)8-12-6-7-18(10-12)14-5-3-4-13(16)9-14/h3-5,9,11-12,15H,6-8,10,17H2,1-2H3. The molecule has 2 unspecified atom stereocenters. The normalized spacial score (nSPS) is 21.6. The Morgan fingerprint density at radius 2 is 2.22 bits per heavy atom. The van der Waals surface area contributed by atoms with E-state index in [9.17, 15) is 0 Å². The highest BCUT2D eigenvalue weighted by molar-refractivity contribution is 9.10. The van der Waals surface area contributed by atoms with Gasteiger partial charge in [0.1, 0.15) is 0 Å². The average molecular weight is 311 g/mol. The predicted octanol–water partition coefficient (Wildman–Crippen LogP) is 3.65. The molecule has 2 rings (SSSR count). The SMILES string of the molecule is CC(C)C(N)CC1CCN(c2cccc(Br)c2)C1. The van der Waals surface area contributed by atoms with E-state index in [1.807, 2.05) is 0 Å². The van der Waals surface area contributed by atoms with Gasteiger partial charge in [-0.25, -0.2) is 0 Å². The van der Waals surface area contributed by atoms with Crippen LogP contribution in [0.4, 0.5) is 5.69 Å². The largest absolute Gasteiger partial charge is 0.371 e. The van der Waals surface area contributed by atoms with Gasteiger partial charge in [0.15, 0.2) is 0 Å². The second-order valence-electron chi connectivity index (χ2n) is 5.72. The fourth-order valence-corrected chi connectivity index (χ4v) is 2.98. The first-order valence-corrected chi connectivity index (χ1v) is 7.61. The van der Waals surface area contributed by atoms with Crippen molar-refractivity contribution in [3.63, 3.8) is 0 Å². The first-order chi connectivity index (χ1) is 8.56. The van der Waals surface area contributed by atoms with Crippen molar-refractivity contribution in [3.8, 4) is 0 Å². The van der Waals surface area contributed by atoms with Crippen molar-refractivity contribution in [2.75, 3.05) is 18.0 Å². The number of hydrogen-bond acceptors (Lipinski definition) is 2. The maximum absolute atomic E-state index is 6.18. The predicted molar refractivity (Wildman–Crippen MR) is 81.9 cm³/mol. The van der Waals surface area contributed by atoms with Crippen molar-refractivity contribution in [1.29, 1.82) is 0 Å². The molecule has 100 valence electrons. The summed E-state index contributed by atoms with van der Waals surface area (Å²) in [5, 5.41) is 0. The quantitative estimate of drug-likeness (QED) is 0.919. The van der Waals surface area contributed by atoms with Crippen LogP contribution in [0.25, 0.3) is 0 Å². The van der Waals surface area contributed by atoms with E-state index in [0.717, 1.165) is 29.9 Å². The van der Waals surface area contributed by atoms with E-state index >= 15 is 0 Å². The molecule has 0 bridgehead atoms. The molecule has 0 spiro atoms. The van der Waals surface area contributed by atoms with Gasteiger partial charge in [-0.05, 0) is 42.9 Å². The lowest BCUT2D eigenvalue weighted by molar-refractivity contribution is 0.391. The molecule has 0 aliphatic carbocycles. The summed E-state index contributed by atoms with van der Waals surface area (Å²) in [5.41, 5.74) is 7.50. The number of benzene rings is 1. The molecular formula is C15H23BrN2. The van der Waals surface area contributed by atoms with E-state index in [2.05, 4.69) is 58.9 Å². The number of halogens is 1. The van der Waals surface area contributed by atoms with Gasteiger partial charge in [0, 0.05) is 29.3 Å². The average Bonchev–Trinajstić information content (AvgIpc) is 2.77.